The van der Waals surface area contributed by atoms with E-state index in [9.17, 15) is 4.79 Å². The zero-order valence-corrected chi connectivity index (χ0v) is 11.5. The number of piperazine rings is 1. The number of hydrogen-bond acceptors (Lipinski definition) is 3. The molecule has 0 aromatic carbocycles. The monoisotopic (exact) mass is 251 g/mol. The quantitative estimate of drug-likeness (QED) is 0.795. The number of carbonyl (C=O) groups excluding carboxylic acids is 1. The first kappa shape index (κ1) is 12.4. The molecule has 3 aliphatic rings. The second-order valence-electron chi connectivity index (χ2n) is 6.52. The SMILES string of the molecule is CC1(C(=O)N2CCN(CC3CC3)CC2)CCNC1. The van der Waals surface area contributed by atoms with Gasteiger partial charge < -0.3 is 10.2 Å². The molecule has 1 saturated carbocycles. The van der Waals surface area contributed by atoms with Crippen LogP contribution in [0, 0.1) is 11.3 Å². The van der Waals surface area contributed by atoms with Crippen LogP contribution >= 0.6 is 0 Å². The van der Waals surface area contributed by atoms with E-state index in [2.05, 4.69) is 22.0 Å². The van der Waals surface area contributed by atoms with E-state index in [-0.39, 0.29) is 5.41 Å². The Morgan fingerprint density at radius 1 is 1.28 bits per heavy atom. The maximum absolute atomic E-state index is 12.5. The molecule has 0 aromatic rings. The maximum Gasteiger partial charge on any atom is 0.229 e. The van der Waals surface area contributed by atoms with E-state index in [1.807, 2.05) is 0 Å². The van der Waals surface area contributed by atoms with E-state index in [0.29, 0.717) is 5.91 Å². The fourth-order valence-electron chi connectivity index (χ4n) is 3.18. The molecule has 2 saturated heterocycles. The Labute approximate surface area is 110 Å². The second kappa shape index (κ2) is 4.82. The lowest BCUT2D eigenvalue weighted by molar-refractivity contribution is -0.142. The topological polar surface area (TPSA) is 35.6 Å². The summed E-state index contributed by atoms with van der Waals surface area (Å²) >= 11 is 0. The summed E-state index contributed by atoms with van der Waals surface area (Å²) < 4.78 is 0. The van der Waals surface area contributed by atoms with Crippen LogP contribution in [0.1, 0.15) is 26.2 Å². The molecule has 102 valence electrons. The first-order valence-corrected chi connectivity index (χ1v) is 7.40. The van der Waals surface area contributed by atoms with Gasteiger partial charge in [-0.1, -0.05) is 0 Å². The van der Waals surface area contributed by atoms with Crippen molar-refractivity contribution in [3.63, 3.8) is 0 Å². The van der Waals surface area contributed by atoms with Gasteiger partial charge in [-0.25, -0.2) is 0 Å². The molecule has 1 N–H and O–H groups in total. The first-order valence-electron chi connectivity index (χ1n) is 7.40. The van der Waals surface area contributed by atoms with Crippen LogP contribution in [-0.2, 0) is 4.79 Å². The summed E-state index contributed by atoms with van der Waals surface area (Å²) in [6.45, 7) is 9.24. The van der Waals surface area contributed by atoms with Gasteiger partial charge in [-0.05, 0) is 38.6 Å². The molecular formula is C14H25N3O. The van der Waals surface area contributed by atoms with E-state index in [1.165, 1.54) is 19.4 Å². The van der Waals surface area contributed by atoms with Gasteiger partial charge in [-0.15, -0.1) is 0 Å². The lowest BCUT2D eigenvalue weighted by atomic mass is 9.88. The molecular weight excluding hydrogens is 226 g/mol. The Hall–Kier alpha value is -0.610. The average Bonchev–Trinajstić information content (AvgIpc) is 3.09. The van der Waals surface area contributed by atoms with Crippen LogP contribution in [0.25, 0.3) is 0 Å². The lowest BCUT2D eigenvalue weighted by Crippen LogP contribution is -2.53. The predicted molar refractivity (Wildman–Crippen MR) is 71.3 cm³/mol. The van der Waals surface area contributed by atoms with Crippen LogP contribution in [-0.4, -0.2) is 61.5 Å². The van der Waals surface area contributed by atoms with Crippen molar-refractivity contribution in [1.82, 2.24) is 15.1 Å². The van der Waals surface area contributed by atoms with Crippen molar-refractivity contribution in [2.75, 3.05) is 45.8 Å². The zero-order valence-electron chi connectivity index (χ0n) is 11.5. The van der Waals surface area contributed by atoms with Crippen molar-refractivity contribution in [3.05, 3.63) is 0 Å². The van der Waals surface area contributed by atoms with Crippen LogP contribution in [0.5, 0.6) is 0 Å². The summed E-state index contributed by atoms with van der Waals surface area (Å²) in [5, 5.41) is 3.32. The highest BCUT2D eigenvalue weighted by atomic mass is 16.2. The summed E-state index contributed by atoms with van der Waals surface area (Å²) in [6, 6.07) is 0. The highest BCUT2D eigenvalue weighted by molar-refractivity contribution is 5.83. The number of hydrogen-bond donors (Lipinski definition) is 1. The molecule has 1 atom stereocenters. The molecule has 2 heterocycles. The van der Waals surface area contributed by atoms with Crippen molar-refractivity contribution in [2.45, 2.75) is 26.2 Å². The van der Waals surface area contributed by atoms with Crippen LogP contribution in [0.4, 0.5) is 0 Å². The van der Waals surface area contributed by atoms with Crippen LogP contribution in [0.2, 0.25) is 0 Å². The highest BCUT2D eigenvalue weighted by Crippen LogP contribution is 2.31. The van der Waals surface area contributed by atoms with E-state index in [4.69, 9.17) is 0 Å². The van der Waals surface area contributed by atoms with Crippen molar-refractivity contribution in [3.8, 4) is 0 Å². The Bertz CT molecular complexity index is 313. The minimum Gasteiger partial charge on any atom is -0.340 e. The molecule has 0 aromatic heterocycles. The second-order valence-corrected chi connectivity index (χ2v) is 6.52. The lowest BCUT2D eigenvalue weighted by Gasteiger charge is -2.38. The largest absolute Gasteiger partial charge is 0.340 e. The summed E-state index contributed by atoms with van der Waals surface area (Å²) in [4.78, 5) is 17.2. The van der Waals surface area contributed by atoms with Gasteiger partial charge in [0.1, 0.15) is 0 Å². The molecule has 1 aliphatic carbocycles. The molecule has 3 fully saturated rings. The molecule has 0 spiro atoms. The third kappa shape index (κ3) is 2.54. The smallest absolute Gasteiger partial charge is 0.229 e. The van der Waals surface area contributed by atoms with E-state index >= 15 is 0 Å². The summed E-state index contributed by atoms with van der Waals surface area (Å²) in [6.07, 6.45) is 3.83. The van der Waals surface area contributed by atoms with Gasteiger partial charge in [0, 0.05) is 39.3 Å². The number of nitrogens with zero attached hydrogens (tertiary/aromatic N) is 2. The maximum atomic E-state index is 12.5. The molecule has 1 amide bonds. The fraction of sp³-hybridized carbons (Fsp3) is 0.929. The number of carbonyl (C=O) groups is 1. The Morgan fingerprint density at radius 2 is 2.00 bits per heavy atom. The Morgan fingerprint density at radius 3 is 2.56 bits per heavy atom. The van der Waals surface area contributed by atoms with Gasteiger partial charge in [-0.2, -0.15) is 0 Å². The number of nitrogens with one attached hydrogen (secondary N) is 1. The molecule has 1 unspecified atom stereocenters. The molecule has 0 bridgehead atoms. The molecule has 3 rings (SSSR count). The standard InChI is InChI=1S/C14H25N3O/c1-14(4-5-15-11-14)13(18)17-8-6-16(7-9-17)10-12-2-3-12/h12,15H,2-11H2,1H3. The minimum atomic E-state index is -0.140. The third-order valence-electron chi connectivity index (χ3n) is 4.76. The normalized spacial score (nSPS) is 33.9. The van der Waals surface area contributed by atoms with Crippen LogP contribution in [0.15, 0.2) is 0 Å². The van der Waals surface area contributed by atoms with Crippen molar-refractivity contribution < 1.29 is 4.79 Å². The molecule has 18 heavy (non-hydrogen) atoms. The van der Waals surface area contributed by atoms with Gasteiger partial charge in [0.2, 0.25) is 5.91 Å². The van der Waals surface area contributed by atoms with E-state index in [1.54, 1.807) is 0 Å². The molecule has 2 aliphatic heterocycles. The van der Waals surface area contributed by atoms with Crippen LogP contribution < -0.4 is 5.32 Å². The number of amides is 1. The summed E-state index contributed by atoms with van der Waals surface area (Å²) in [7, 11) is 0. The van der Waals surface area contributed by atoms with Crippen LogP contribution in [0.3, 0.4) is 0 Å². The van der Waals surface area contributed by atoms with Gasteiger partial charge in [0.05, 0.1) is 5.41 Å². The van der Waals surface area contributed by atoms with Gasteiger partial charge in [-0.3, -0.25) is 9.69 Å². The minimum absolute atomic E-state index is 0.140. The third-order valence-corrected chi connectivity index (χ3v) is 4.76. The van der Waals surface area contributed by atoms with Gasteiger partial charge >= 0.3 is 0 Å². The van der Waals surface area contributed by atoms with Crippen molar-refractivity contribution in [1.29, 1.82) is 0 Å². The van der Waals surface area contributed by atoms with E-state index in [0.717, 1.165) is 51.6 Å². The summed E-state index contributed by atoms with van der Waals surface area (Å²) in [5.41, 5.74) is -0.140. The zero-order chi connectivity index (χ0) is 12.6. The summed E-state index contributed by atoms with van der Waals surface area (Å²) in [5.74, 6) is 1.34. The predicted octanol–water partition coefficient (Wildman–Crippen LogP) is 0.540. The van der Waals surface area contributed by atoms with Crippen molar-refractivity contribution in [2.24, 2.45) is 11.3 Å². The Kier molecular flexibility index (Phi) is 3.32. The highest BCUT2D eigenvalue weighted by Gasteiger charge is 2.40. The molecule has 0 radical (unpaired) electrons. The van der Waals surface area contributed by atoms with E-state index < -0.39 is 0 Å². The molecule has 4 nitrogen and oxygen atoms in total. The fourth-order valence-corrected chi connectivity index (χ4v) is 3.18. The first-order chi connectivity index (χ1) is 8.67. The Balaban J connectivity index is 1.50. The molecule has 4 heteroatoms. The average molecular weight is 251 g/mol. The van der Waals surface area contributed by atoms with Gasteiger partial charge in [0.15, 0.2) is 0 Å². The number of rotatable bonds is 3. The van der Waals surface area contributed by atoms with Gasteiger partial charge in [0.25, 0.3) is 0 Å². The van der Waals surface area contributed by atoms with Crippen molar-refractivity contribution >= 4 is 5.91 Å².